The summed E-state index contributed by atoms with van der Waals surface area (Å²) < 4.78 is 5.30. The fourth-order valence-corrected chi connectivity index (χ4v) is 1.54. The Morgan fingerprint density at radius 3 is 2.67 bits per heavy atom. The number of amides is 2. The van der Waals surface area contributed by atoms with Gasteiger partial charge in [-0.05, 0) is 18.1 Å². The number of hydrogen-bond donors (Lipinski definition) is 4. The van der Waals surface area contributed by atoms with E-state index in [1.807, 2.05) is 13.8 Å². The first-order chi connectivity index (χ1) is 9.91. The van der Waals surface area contributed by atoms with Crippen molar-refractivity contribution in [2.24, 2.45) is 5.92 Å². The molecule has 0 aromatic heterocycles. The summed E-state index contributed by atoms with van der Waals surface area (Å²) in [5.41, 5.74) is -0.233. The lowest BCUT2D eigenvalue weighted by molar-refractivity contribution is 0.0693. The van der Waals surface area contributed by atoms with Gasteiger partial charge in [0.15, 0.2) is 5.75 Å². The lowest BCUT2D eigenvalue weighted by atomic mass is 10.2. The molecule has 0 aliphatic carbocycles. The van der Waals surface area contributed by atoms with Gasteiger partial charge in [-0.1, -0.05) is 19.9 Å². The Balaban J connectivity index is 2.45. The van der Waals surface area contributed by atoms with Crippen molar-refractivity contribution < 1.29 is 24.5 Å². The summed E-state index contributed by atoms with van der Waals surface area (Å²) in [5, 5.41) is 23.5. The van der Waals surface area contributed by atoms with Crippen molar-refractivity contribution in [1.29, 1.82) is 0 Å². The van der Waals surface area contributed by atoms with Crippen LogP contribution in [0.5, 0.6) is 5.75 Å². The minimum Gasteiger partial charge on any atom is -0.505 e. The Labute approximate surface area is 122 Å². The molecule has 0 spiro atoms. The number of phenols is 1. The van der Waals surface area contributed by atoms with Crippen LogP contribution in [0.4, 0.5) is 10.5 Å². The average molecular weight is 296 g/mol. The van der Waals surface area contributed by atoms with Gasteiger partial charge in [0.1, 0.15) is 5.56 Å². The number of carbonyl (C=O) groups excluding carboxylic acids is 1. The van der Waals surface area contributed by atoms with E-state index in [4.69, 9.17) is 9.84 Å². The third-order valence-electron chi connectivity index (χ3n) is 2.50. The number of aromatic carboxylic acids is 1. The minimum atomic E-state index is -1.27. The maximum Gasteiger partial charge on any atom is 0.339 e. The van der Waals surface area contributed by atoms with E-state index in [1.165, 1.54) is 18.2 Å². The van der Waals surface area contributed by atoms with Crippen molar-refractivity contribution in [3.8, 4) is 5.75 Å². The van der Waals surface area contributed by atoms with E-state index in [2.05, 4.69) is 10.6 Å². The number of rotatable bonds is 7. The molecule has 0 atom stereocenters. The molecule has 116 valence electrons. The third kappa shape index (κ3) is 5.70. The van der Waals surface area contributed by atoms with Crippen molar-refractivity contribution in [1.82, 2.24) is 5.32 Å². The zero-order chi connectivity index (χ0) is 15.8. The smallest absolute Gasteiger partial charge is 0.339 e. The largest absolute Gasteiger partial charge is 0.505 e. The molecule has 7 nitrogen and oxygen atoms in total. The summed E-state index contributed by atoms with van der Waals surface area (Å²) in [6.07, 6.45) is 0. The van der Waals surface area contributed by atoms with Gasteiger partial charge < -0.3 is 25.6 Å². The molecule has 0 aliphatic heterocycles. The zero-order valence-corrected chi connectivity index (χ0v) is 12.0. The molecule has 1 aromatic carbocycles. The molecule has 0 saturated heterocycles. The number of nitrogens with one attached hydrogen (secondary N) is 2. The first-order valence-corrected chi connectivity index (χ1v) is 6.59. The summed E-state index contributed by atoms with van der Waals surface area (Å²) in [5.74, 6) is -1.32. The van der Waals surface area contributed by atoms with Crippen molar-refractivity contribution in [2.45, 2.75) is 13.8 Å². The molecule has 0 unspecified atom stereocenters. The number of benzene rings is 1. The van der Waals surface area contributed by atoms with Gasteiger partial charge >= 0.3 is 12.0 Å². The van der Waals surface area contributed by atoms with Crippen LogP contribution in [0.1, 0.15) is 24.2 Å². The molecule has 0 aliphatic rings. The van der Waals surface area contributed by atoms with Crippen LogP contribution < -0.4 is 10.6 Å². The van der Waals surface area contributed by atoms with Gasteiger partial charge in [0.25, 0.3) is 0 Å². The summed E-state index contributed by atoms with van der Waals surface area (Å²) >= 11 is 0. The van der Waals surface area contributed by atoms with Crippen LogP contribution in [0.3, 0.4) is 0 Å². The van der Waals surface area contributed by atoms with Gasteiger partial charge in [0.05, 0.1) is 12.3 Å². The van der Waals surface area contributed by atoms with Crippen LogP contribution >= 0.6 is 0 Å². The van der Waals surface area contributed by atoms with Gasteiger partial charge in [-0.25, -0.2) is 9.59 Å². The van der Waals surface area contributed by atoms with E-state index < -0.39 is 17.7 Å². The predicted molar refractivity (Wildman–Crippen MR) is 77.7 cm³/mol. The van der Waals surface area contributed by atoms with E-state index in [-0.39, 0.29) is 11.3 Å². The zero-order valence-electron chi connectivity index (χ0n) is 12.0. The number of carboxylic acids is 1. The van der Waals surface area contributed by atoms with Crippen molar-refractivity contribution in [2.75, 3.05) is 25.1 Å². The van der Waals surface area contributed by atoms with Crippen LogP contribution in [0.25, 0.3) is 0 Å². The highest BCUT2D eigenvalue weighted by atomic mass is 16.5. The quantitative estimate of drug-likeness (QED) is 0.454. The molecule has 21 heavy (non-hydrogen) atoms. The van der Waals surface area contributed by atoms with Gasteiger partial charge in [0.2, 0.25) is 0 Å². The molecule has 4 N–H and O–H groups in total. The second kappa shape index (κ2) is 8.11. The number of urea groups is 1. The monoisotopic (exact) mass is 296 g/mol. The van der Waals surface area contributed by atoms with Crippen LogP contribution in [0.2, 0.25) is 0 Å². The van der Waals surface area contributed by atoms with Crippen molar-refractivity contribution in [3.05, 3.63) is 23.8 Å². The van der Waals surface area contributed by atoms with Gasteiger partial charge in [0, 0.05) is 13.2 Å². The minimum absolute atomic E-state index is 0.0375. The molecule has 0 saturated carbocycles. The molecule has 0 bridgehead atoms. The first kappa shape index (κ1) is 16.8. The van der Waals surface area contributed by atoms with E-state index in [9.17, 15) is 14.7 Å². The molecular weight excluding hydrogens is 276 g/mol. The topological polar surface area (TPSA) is 108 Å². The summed E-state index contributed by atoms with van der Waals surface area (Å²) in [4.78, 5) is 22.5. The SMILES string of the molecule is CC(C)COCCNC(=O)Nc1cccc(C(=O)O)c1O. The lowest BCUT2D eigenvalue weighted by Gasteiger charge is -2.11. The fraction of sp³-hybridized carbons (Fsp3) is 0.429. The van der Waals surface area contributed by atoms with Crippen LogP contribution in [-0.2, 0) is 4.74 Å². The normalized spacial score (nSPS) is 10.4. The summed E-state index contributed by atoms with van der Waals surface area (Å²) in [6, 6.07) is 3.56. The highest BCUT2D eigenvalue weighted by Crippen LogP contribution is 2.27. The molecular formula is C14H20N2O5. The number of anilines is 1. The maximum absolute atomic E-state index is 11.6. The Bertz CT molecular complexity index is 502. The average Bonchev–Trinajstić information content (AvgIpc) is 2.40. The van der Waals surface area contributed by atoms with Crippen molar-refractivity contribution >= 4 is 17.7 Å². The van der Waals surface area contributed by atoms with Crippen LogP contribution in [-0.4, -0.2) is 42.0 Å². The first-order valence-electron chi connectivity index (χ1n) is 6.59. The Kier molecular flexibility index (Phi) is 6.48. The number of ether oxygens (including phenoxy) is 1. The highest BCUT2D eigenvalue weighted by molar-refractivity contribution is 5.97. The second-order valence-corrected chi connectivity index (χ2v) is 4.86. The van der Waals surface area contributed by atoms with Gasteiger partial charge in [-0.15, -0.1) is 0 Å². The fourth-order valence-electron chi connectivity index (χ4n) is 1.54. The third-order valence-corrected chi connectivity index (χ3v) is 2.50. The summed E-state index contributed by atoms with van der Waals surface area (Å²) in [6.45, 7) is 5.37. The van der Waals surface area contributed by atoms with E-state index in [1.54, 1.807) is 0 Å². The molecule has 0 fully saturated rings. The Hall–Kier alpha value is -2.28. The molecule has 0 heterocycles. The lowest BCUT2D eigenvalue weighted by Crippen LogP contribution is -2.31. The molecule has 7 heteroatoms. The van der Waals surface area contributed by atoms with Gasteiger partial charge in [-0.2, -0.15) is 0 Å². The van der Waals surface area contributed by atoms with E-state index in [0.29, 0.717) is 25.7 Å². The number of carboxylic acid groups (broad SMARTS) is 1. The number of hydrogen-bond acceptors (Lipinski definition) is 4. The highest BCUT2D eigenvalue weighted by Gasteiger charge is 2.14. The van der Waals surface area contributed by atoms with E-state index in [0.717, 1.165) is 0 Å². The molecule has 1 aromatic rings. The van der Waals surface area contributed by atoms with Crippen LogP contribution in [0.15, 0.2) is 18.2 Å². The molecule has 2 amide bonds. The molecule has 0 radical (unpaired) electrons. The van der Waals surface area contributed by atoms with Crippen LogP contribution in [0, 0.1) is 5.92 Å². The Morgan fingerprint density at radius 2 is 2.05 bits per heavy atom. The summed E-state index contributed by atoms with van der Waals surface area (Å²) in [7, 11) is 0. The maximum atomic E-state index is 11.6. The number of carbonyl (C=O) groups is 2. The standard InChI is InChI=1S/C14H20N2O5/c1-9(2)8-21-7-6-15-14(20)16-11-5-3-4-10(12(11)17)13(18)19/h3-5,9,17H,6-8H2,1-2H3,(H,18,19)(H2,15,16,20). The van der Waals surface area contributed by atoms with Crippen molar-refractivity contribution in [3.63, 3.8) is 0 Å². The number of aromatic hydroxyl groups is 1. The molecule has 1 rings (SSSR count). The second-order valence-electron chi connectivity index (χ2n) is 4.86. The Morgan fingerprint density at radius 1 is 1.33 bits per heavy atom. The van der Waals surface area contributed by atoms with Gasteiger partial charge in [-0.3, -0.25) is 0 Å². The van der Waals surface area contributed by atoms with E-state index >= 15 is 0 Å². The predicted octanol–water partition coefficient (Wildman–Crippen LogP) is 1.88. The number of para-hydroxylation sites is 1.